The van der Waals surface area contributed by atoms with Crippen molar-refractivity contribution in [2.45, 2.75) is 11.8 Å². The van der Waals surface area contributed by atoms with Crippen LogP contribution in [0.3, 0.4) is 0 Å². The quantitative estimate of drug-likeness (QED) is 0.708. The third kappa shape index (κ3) is 2.24. The molecule has 5 heteroatoms. The molecule has 1 aromatic heterocycles. The summed E-state index contributed by atoms with van der Waals surface area (Å²) < 4.78 is 5.46. The van der Waals surface area contributed by atoms with E-state index in [1.165, 1.54) is 0 Å². The van der Waals surface area contributed by atoms with Crippen molar-refractivity contribution in [2.75, 3.05) is 7.11 Å². The molecule has 3 aromatic rings. The van der Waals surface area contributed by atoms with Gasteiger partial charge < -0.3 is 9.72 Å². The normalized spacial score (nSPS) is 10.6. The summed E-state index contributed by atoms with van der Waals surface area (Å²) in [5.74, 6) is 1.39. The maximum atomic E-state index is 8.96. The van der Waals surface area contributed by atoms with E-state index in [1.807, 2.05) is 25.1 Å². The SMILES string of the molecule is COc1c(-c2nc3ccc(C#N)cc3[nH]2)ccc(C)c1S. The van der Waals surface area contributed by atoms with E-state index >= 15 is 0 Å². The van der Waals surface area contributed by atoms with Gasteiger partial charge in [-0.3, -0.25) is 0 Å². The van der Waals surface area contributed by atoms with Crippen molar-refractivity contribution in [1.82, 2.24) is 9.97 Å². The Hall–Kier alpha value is -2.45. The highest BCUT2D eigenvalue weighted by atomic mass is 32.1. The number of fused-ring (bicyclic) bond motifs is 1. The van der Waals surface area contributed by atoms with E-state index in [2.05, 4.69) is 28.7 Å². The molecule has 0 aliphatic heterocycles. The highest BCUT2D eigenvalue weighted by Crippen LogP contribution is 2.36. The molecule has 4 nitrogen and oxygen atoms in total. The lowest BCUT2D eigenvalue weighted by Gasteiger charge is -2.10. The topological polar surface area (TPSA) is 61.7 Å². The molecule has 21 heavy (non-hydrogen) atoms. The summed E-state index contributed by atoms with van der Waals surface area (Å²) in [6, 6.07) is 11.4. The molecule has 104 valence electrons. The molecule has 0 spiro atoms. The predicted molar refractivity (Wildman–Crippen MR) is 84.8 cm³/mol. The maximum Gasteiger partial charge on any atom is 0.143 e. The highest BCUT2D eigenvalue weighted by molar-refractivity contribution is 7.80. The van der Waals surface area contributed by atoms with Crippen LogP contribution in [0.1, 0.15) is 11.1 Å². The summed E-state index contributed by atoms with van der Waals surface area (Å²) in [6.07, 6.45) is 0. The summed E-state index contributed by atoms with van der Waals surface area (Å²) in [7, 11) is 1.62. The van der Waals surface area contributed by atoms with Gasteiger partial charge in [0.25, 0.3) is 0 Å². The number of aromatic amines is 1. The average molecular weight is 295 g/mol. The molecular weight excluding hydrogens is 282 g/mol. The zero-order valence-electron chi connectivity index (χ0n) is 11.6. The molecule has 1 N–H and O–H groups in total. The van der Waals surface area contributed by atoms with Gasteiger partial charge >= 0.3 is 0 Å². The van der Waals surface area contributed by atoms with Crippen molar-refractivity contribution in [3.05, 3.63) is 41.5 Å². The van der Waals surface area contributed by atoms with Gasteiger partial charge in [-0.25, -0.2) is 4.98 Å². The molecule has 0 atom stereocenters. The number of rotatable bonds is 2. The van der Waals surface area contributed by atoms with Crippen molar-refractivity contribution in [3.63, 3.8) is 0 Å². The molecule has 2 aromatic carbocycles. The monoisotopic (exact) mass is 295 g/mol. The van der Waals surface area contributed by atoms with E-state index in [9.17, 15) is 0 Å². The third-order valence-corrected chi connectivity index (χ3v) is 3.96. The molecule has 0 unspecified atom stereocenters. The molecule has 0 saturated carbocycles. The van der Waals surface area contributed by atoms with Crippen LogP contribution in [0.15, 0.2) is 35.2 Å². The first kappa shape index (κ1) is 13.5. The number of nitriles is 1. The van der Waals surface area contributed by atoms with E-state index in [0.717, 1.165) is 27.1 Å². The number of hydrogen-bond acceptors (Lipinski definition) is 4. The maximum absolute atomic E-state index is 8.96. The minimum Gasteiger partial charge on any atom is -0.495 e. The molecule has 1 heterocycles. The van der Waals surface area contributed by atoms with Crippen LogP contribution in [0.2, 0.25) is 0 Å². The molecule has 0 amide bonds. The van der Waals surface area contributed by atoms with E-state index < -0.39 is 0 Å². The number of thiol groups is 1. The molecular formula is C16H13N3OS. The molecule has 0 radical (unpaired) electrons. The first-order chi connectivity index (χ1) is 10.1. The zero-order valence-corrected chi connectivity index (χ0v) is 12.5. The Labute approximate surface area is 127 Å². The van der Waals surface area contributed by atoms with Crippen molar-refractivity contribution < 1.29 is 4.74 Å². The first-order valence-electron chi connectivity index (χ1n) is 6.41. The van der Waals surface area contributed by atoms with Crippen LogP contribution in [0.5, 0.6) is 5.75 Å². The van der Waals surface area contributed by atoms with Crippen LogP contribution in [0, 0.1) is 18.3 Å². The fourth-order valence-electron chi connectivity index (χ4n) is 2.27. The van der Waals surface area contributed by atoms with Crippen LogP contribution in [0.4, 0.5) is 0 Å². The molecule has 0 fully saturated rings. The standard InChI is InChI=1S/C16H13N3OS/c1-9-3-5-11(14(20-2)15(9)21)16-18-12-6-4-10(8-17)7-13(12)19-16/h3-7,21H,1-2H3,(H,18,19). The summed E-state index contributed by atoms with van der Waals surface area (Å²) in [6.45, 7) is 1.98. The van der Waals surface area contributed by atoms with Crippen molar-refractivity contribution in [1.29, 1.82) is 5.26 Å². The number of imidazole rings is 1. The molecule has 0 aliphatic carbocycles. The minimum atomic E-state index is 0.600. The highest BCUT2D eigenvalue weighted by Gasteiger charge is 2.14. The summed E-state index contributed by atoms with van der Waals surface area (Å²) in [5, 5.41) is 8.96. The van der Waals surface area contributed by atoms with Crippen LogP contribution in [-0.2, 0) is 0 Å². The average Bonchev–Trinajstić information content (AvgIpc) is 2.92. The van der Waals surface area contributed by atoms with Gasteiger partial charge in [-0.1, -0.05) is 6.07 Å². The number of benzene rings is 2. The second-order valence-electron chi connectivity index (χ2n) is 4.74. The zero-order chi connectivity index (χ0) is 15.0. The van der Waals surface area contributed by atoms with Gasteiger partial charge in [0.15, 0.2) is 0 Å². The van der Waals surface area contributed by atoms with Gasteiger partial charge in [0, 0.05) is 4.90 Å². The lowest BCUT2D eigenvalue weighted by Crippen LogP contribution is -1.92. The van der Waals surface area contributed by atoms with Gasteiger partial charge in [-0.2, -0.15) is 5.26 Å². The van der Waals surface area contributed by atoms with E-state index in [-0.39, 0.29) is 0 Å². The van der Waals surface area contributed by atoms with Crippen molar-refractivity contribution in [2.24, 2.45) is 0 Å². The number of nitrogens with zero attached hydrogens (tertiary/aromatic N) is 2. The number of methoxy groups -OCH3 is 1. The molecule has 3 rings (SSSR count). The van der Waals surface area contributed by atoms with E-state index in [4.69, 9.17) is 10.00 Å². The first-order valence-corrected chi connectivity index (χ1v) is 6.85. The van der Waals surface area contributed by atoms with Crippen molar-refractivity contribution in [3.8, 4) is 23.2 Å². The smallest absolute Gasteiger partial charge is 0.143 e. The summed E-state index contributed by atoms with van der Waals surface area (Å²) in [5.41, 5.74) is 4.13. The van der Waals surface area contributed by atoms with E-state index in [0.29, 0.717) is 17.1 Å². The Kier molecular flexibility index (Phi) is 3.32. The fraction of sp³-hybridized carbons (Fsp3) is 0.125. The van der Waals surface area contributed by atoms with Gasteiger partial charge in [0.1, 0.15) is 11.6 Å². The second kappa shape index (κ2) is 5.15. The minimum absolute atomic E-state index is 0.600. The second-order valence-corrected chi connectivity index (χ2v) is 5.19. The van der Waals surface area contributed by atoms with Crippen LogP contribution >= 0.6 is 12.6 Å². The Morgan fingerprint density at radius 1 is 1.29 bits per heavy atom. The van der Waals surface area contributed by atoms with Gasteiger partial charge in [-0.05, 0) is 36.8 Å². The molecule has 0 aliphatic rings. The molecule has 0 bridgehead atoms. The fourth-order valence-corrected chi connectivity index (χ4v) is 2.56. The van der Waals surface area contributed by atoms with Crippen LogP contribution < -0.4 is 4.74 Å². The van der Waals surface area contributed by atoms with Crippen molar-refractivity contribution >= 4 is 23.7 Å². The number of aromatic nitrogens is 2. The summed E-state index contributed by atoms with van der Waals surface area (Å²) in [4.78, 5) is 8.59. The number of hydrogen-bond donors (Lipinski definition) is 2. The van der Waals surface area contributed by atoms with Crippen LogP contribution in [0.25, 0.3) is 22.4 Å². The number of aryl methyl sites for hydroxylation is 1. The van der Waals surface area contributed by atoms with Gasteiger partial charge in [0.2, 0.25) is 0 Å². The number of nitrogens with one attached hydrogen (secondary N) is 1. The molecule has 0 saturated heterocycles. The Morgan fingerprint density at radius 3 is 2.81 bits per heavy atom. The Balaban J connectivity index is 2.21. The van der Waals surface area contributed by atoms with E-state index in [1.54, 1.807) is 19.2 Å². The largest absolute Gasteiger partial charge is 0.495 e. The Bertz CT molecular complexity index is 877. The lowest BCUT2D eigenvalue weighted by atomic mass is 10.1. The summed E-state index contributed by atoms with van der Waals surface area (Å²) >= 11 is 4.50. The van der Waals surface area contributed by atoms with Gasteiger partial charge in [0.05, 0.1) is 35.3 Å². The lowest BCUT2D eigenvalue weighted by molar-refractivity contribution is 0.406. The van der Waals surface area contributed by atoms with Gasteiger partial charge in [-0.15, -0.1) is 12.6 Å². The Morgan fingerprint density at radius 2 is 2.10 bits per heavy atom. The predicted octanol–water partition coefficient (Wildman–Crippen LogP) is 3.71. The number of H-pyrrole nitrogens is 1. The number of ether oxygens (including phenoxy) is 1. The third-order valence-electron chi connectivity index (χ3n) is 3.40. The van der Waals surface area contributed by atoms with Crippen LogP contribution in [-0.4, -0.2) is 17.1 Å².